The highest BCUT2D eigenvalue weighted by Gasteiger charge is 2.23. The van der Waals surface area contributed by atoms with Gasteiger partial charge in [0.1, 0.15) is 5.75 Å². The van der Waals surface area contributed by atoms with Crippen LogP contribution in [-0.4, -0.2) is 42.6 Å². The van der Waals surface area contributed by atoms with Crippen molar-refractivity contribution >= 4 is 18.0 Å². The quantitative estimate of drug-likeness (QED) is 0.494. The summed E-state index contributed by atoms with van der Waals surface area (Å²) < 4.78 is 10.4. The summed E-state index contributed by atoms with van der Waals surface area (Å²) in [6, 6.07) is 7.64. The highest BCUT2D eigenvalue weighted by molar-refractivity contribution is 5.92. The summed E-state index contributed by atoms with van der Waals surface area (Å²) in [4.78, 5) is 26.1. The second-order valence-electron chi connectivity index (χ2n) is 6.74. The first-order valence-electron chi connectivity index (χ1n) is 9.11. The molecule has 2 atom stereocenters. The first-order chi connectivity index (χ1) is 12.3. The lowest BCUT2D eigenvalue weighted by molar-refractivity contribution is -0.146. The van der Waals surface area contributed by atoms with Gasteiger partial charge in [0.25, 0.3) is 0 Å². The molecule has 1 aromatic rings. The molecule has 0 radical (unpaired) electrons. The fraction of sp³-hybridized carbons (Fsp3) is 0.524. The minimum absolute atomic E-state index is 0.0369. The van der Waals surface area contributed by atoms with Gasteiger partial charge in [0, 0.05) is 18.7 Å². The second-order valence-corrected chi connectivity index (χ2v) is 6.74. The first kappa shape index (κ1) is 21.7. The maximum absolute atomic E-state index is 12.7. The van der Waals surface area contributed by atoms with E-state index in [0.29, 0.717) is 6.54 Å². The minimum Gasteiger partial charge on any atom is -0.491 e. The zero-order valence-electron chi connectivity index (χ0n) is 16.7. The van der Waals surface area contributed by atoms with Gasteiger partial charge >= 0.3 is 5.97 Å². The molecule has 0 aliphatic rings. The molecule has 0 aliphatic heterocycles. The van der Waals surface area contributed by atoms with Crippen molar-refractivity contribution in [2.75, 3.05) is 13.7 Å². The zero-order chi connectivity index (χ0) is 19.7. The van der Waals surface area contributed by atoms with E-state index in [4.69, 9.17) is 9.47 Å². The van der Waals surface area contributed by atoms with E-state index in [1.54, 1.807) is 24.0 Å². The minimum atomic E-state index is -0.367. The Bertz CT molecular complexity index is 624. The van der Waals surface area contributed by atoms with Gasteiger partial charge in [-0.15, -0.1) is 0 Å². The molecule has 0 saturated heterocycles. The van der Waals surface area contributed by atoms with Crippen molar-refractivity contribution in [1.29, 1.82) is 0 Å². The number of carbonyl (C=O) groups excluding carboxylic acids is 2. The second kappa shape index (κ2) is 10.6. The van der Waals surface area contributed by atoms with Crippen LogP contribution in [0, 0.1) is 5.92 Å². The fourth-order valence-electron chi connectivity index (χ4n) is 2.51. The van der Waals surface area contributed by atoms with Crippen molar-refractivity contribution in [2.45, 2.75) is 53.2 Å². The van der Waals surface area contributed by atoms with Crippen LogP contribution in [0.3, 0.4) is 0 Å². The van der Waals surface area contributed by atoms with E-state index in [-0.39, 0.29) is 29.9 Å². The van der Waals surface area contributed by atoms with Crippen molar-refractivity contribution in [3.05, 3.63) is 35.9 Å². The van der Waals surface area contributed by atoms with Crippen molar-refractivity contribution in [3.63, 3.8) is 0 Å². The van der Waals surface area contributed by atoms with Crippen LogP contribution in [0.5, 0.6) is 5.75 Å². The largest absolute Gasteiger partial charge is 0.491 e. The van der Waals surface area contributed by atoms with Crippen LogP contribution in [0.2, 0.25) is 0 Å². The number of rotatable bonds is 9. The van der Waals surface area contributed by atoms with Crippen LogP contribution < -0.4 is 4.74 Å². The van der Waals surface area contributed by atoms with Crippen LogP contribution in [0.4, 0.5) is 0 Å². The predicted octanol–water partition coefficient (Wildman–Crippen LogP) is 3.92. The molecule has 0 aliphatic carbocycles. The van der Waals surface area contributed by atoms with E-state index in [9.17, 15) is 9.59 Å². The smallest absolute Gasteiger partial charge is 0.310 e. The molecule has 0 N–H and O–H groups in total. The van der Waals surface area contributed by atoms with Gasteiger partial charge in [-0.1, -0.05) is 26.0 Å². The molecular weight excluding hydrogens is 330 g/mol. The van der Waals surface area contributed by atoms with Crippen molar-refractivity contribution in [2.24, 2.45) is 5.92 Å². The van der Waals surface area contributed by atoms with E-state index in [2.05, 4.69) is 0 Å². The molecular formula is C21H31NO4. The molecule has 1 amide bonds. The summed E-state index contributed by atoms with van der Waals surface area (Å²) in [6.07, 6.45) is 4.22. The first-order valence-corrected chi connectivity index (χ1v) is 9.11. The molecule has 5 heteroatoms. The van der Waals surface area contributed by atoms with Crippen molar-refractivity contribution < 1.29 is 19.1 Å². The number of methoxy groups -OCH3 is 1. The standard InChI is InChI=1S/C21H31NO4/c1-7-17(5)22(14-16(4)21(24)25-6)20(23)12-11-18-9-8-10-19(13-18)26-15(2)3/h8-13,15-17H,7,14H2,1-6H3/b12-11+. The Labute approximate surface area is 157 Å². The Morgan fingerprint density at radius 1 is 1.19 bits per heavy atom. The summed E-state index contributed by atoms with van der Waals surface area (Å²) in [5.41, 5.74) is 0.890. The molecule has 1 rings (SSSR count). The third-order valence-electron chi connectivity index (χ3n) is 4.13. The summed E-state index contributed by atoms with van der Waals surface area (Å²) >= 11 is 0. The number of ether oxygens (including phenoxy) is 2. The van der Waals surface area contributed by atoms with Crippen LogP contribution in [0.25, 0.3) is 6.08 Å². The Balaban J connectivity index is 2.88. The number of benzene rings is 1. The topological polar surface area (TPSA) is 55.8 Å². The summed E-state index contributed by atoms with van der Waals surface area (Å²) in [5.74, 6) is -0.0271. The molecule has 0 aromatic heterocycles. The van der Waals surface area contributed by atoms with Crippen LogP contribution in [0.1, 0.15) is 46.6 Å². The van der Waals surface area contributed by atoms with Gasteiger partial charge in [-0.3, -0.25) is 9.59 Å². The monoisotopic (exact) mass is 361 g/mol. The highest BCUT2D eigenvalue weighted by atomic mass is 16.5. The van der Waals surface area contributed by atoms with Crippen LogP contribution in [-0.2, 0) is 14.3 Å². The highest BCUT2D eigenvalue weighted by Crippen LogP contribution is 2.17. The number of esters is 1. The normalized spacial score (nSPS) is 13.5. The Hall–Kier alpha value is -2.30. The van der Waals surface area contributed by atoms with Crippen molar-refractivity contribution in [3.8, 4) is 5.75 Å². The third kappa shape index (κ3) is 6.90. The SMILES string of the molecule is CCC(C)N(CC(C)C(=O)OC)C(=O)/C=C/c1cccc(OC(C)C)c1. The van der Waals surface area contributed by atoms with Crippen molar-refractivity contribution in [1.82, 2.24) is 4.90 Å². The van der Waals surface area contributed by atoms with Gasteiger partial charge in [-0.25, -0.2) is 0 Å². The molecule has 0 fully saturated rings. The lowest BCUT2D eigenvalue weighted by Crippen LogP contribution is -2.42. The van der Waals surface area contributed by atoms with Gasteiger partial charge in [0.05, 0.1) is 19.1 Å². The maximum Gasteiger partial charge on any atom is 0.310 e. The van der Waals surface area contributed by atoms with Crippen LogP contribution >= 0.6 is 0 Å². The molecule has 0 bridgehead atoms. The van der Waals surface area contributed by atoms with E-state index < -0.39 is 0 Å². The van der Waals surface area contributed by atoms with E-state index in [0.717, 1.165) is 17.7 Å². The lowest BCUT2D eigenvalue weighted by Gasteiger charge is -2.29. The lowest BCUT2D eigenvalue weighted by atomic mass is 10.1. The molecule has 1 aromatic carbocycles. The average molecular weight is 361 g/mol. The van der Waals surface area contributed by atoms with E-state index in [1.165, 1.54) is 7.11 Å². The Morgan fingerprint density at radius 3 is 2.46 bits per heavy atom. The summed E-state index contributed by atoms with van der Waals surface area (Å²) in [7, 11) is 1.36. The number of nitrogens with zero attached hydrogens (tertiary/aromatic N) is 1. The zero-order valence-corrected chi connectivity index (χ0v) is 16.7. The molecule has 2 unspecified atom stereocenters. The maximum atomic E-state index is 12.7. The van der Waals surface area contributed by atoms with Gasteiger partial charge < -0.3 is 14.4 Å². The molecule has 0 heterocycles. The summed E-state index contributed by atoms with van der Waals surface area (Å²) in [6.45, 7) is 10.0. The number of hydrogen-bond donors (Lipinski definition) is 0. The van der Waals surface area contributed by atoms with Gasteiger partial charge in [0.15, 0.2) is 0 Å². The fourth-order valence-corrected chi connectivity index (χ4v) is 2.51. The molecule has 26 heavy (non-hydrogen) atoms. The van der Waals surface area contributed by atoms with E-state index >= 15 is 0 Å². The molecule has 0 saturated carbocycles. The molecule has 144 valence electrons. The predicted molar refractivity (Wildman–Crippen MR) is 104 cm³/mol. The summed E-state index contributed by atoms with van der Waals surface area (Å²) in [5, 5.41) is 0. The molecule has 5 nitrogen and oxygen atoms in total. The third-order valence-corrected chi connectivity index (χ3v) is 4.13. The number of carbonyl (C=O) groups is 2. The van der Waals surface area contributed by atoms with Gasteiger partial charge in [0.2, 0.25) is 5.91 Å². The van der Waals surface area contributed by atoms with Gasteiger partial charge in [-0.2, -0.15) is 0 Å². The Morgan fingerprint density at radius 2 is 1.88 bits per heavy atom. The molecule has 0 spiro atoms. The van der Waals surface area contributed by atoms with Gasteiger partial charge in [-0.05, 0) is 51.0 Å². The average Bonchev–Trinajstić information content (AvgIpc) is 2.62. The van der Waals surface area contributed by atoms with E-state index in [1.807, 2.05) is 52.0 Å². The van der Waals surface area contributed by atoms with Crippen LogP contribution in [0.15, 0.2) is 30.3 Å². The number of amides is 1. The number of hydrogen-bond acceptors (Lipinski definition) is 4. The Kier molecular flexibility index (Phi) is 8.90.